The smallest absolute Gasteiger partial charge is 0.0811 e. The van der Waals surface area contributed by atoms with Gasteiger partial charge < -0.3 is 5.11 Å². The minimum Gasteiger partial charge on any atom is -0.388 e. The topological polar surface area (TPSA) is 46.0 Å². The van der Waals surface area contributed by atoms with E-state index in [0.717, 1.165) is 29.8 Å². The lowest BCUT2D eigenvalue weighted by Crippen LogP contribution is -2.13. The largest absolute Gasteiger partial charge is 0.388 e. The molecule has 2 rings (SSSR count). The number of hydrogen-bond donors (Lipinski definition) is 1. The van der Waals surface area contributed by atoms with Gasteiger partial charge >= 0.3 is 0 Å². The van der Waals surface area contributed by atoms with Crippen LogP contribution < -0.4 is 0 Å². The van der Waals surface area contributed by atoms with Crippen molar-refractivity contribution >= 4 is 0 Å². The van der Waals surface area contributed by atoms with Gasteiger partial charge in [-0.1, -0.05) is 39.0 Å². The van der Waals surface area contributed by atoms with E-state index in [0.29, 0.717) is 5.92 Å². The molecule has 100 valence electrons. The van der Waals surface area contributed by atoms with Gasteiger partial charge in [0.1, 0.15) is 0 Å². The van der Waals surface area contributed by atoms with Gasteiger partial charge in [-0.2, -0.15) is 10.2 Å². The van der Waals surface area contributed by atoms with Gasteiger partial charge in [0.25, 0.3) is 0 Å². The summed E-state index contributed by atoms with van der Waals surface area (Å²) < 4.78 is 0. The Kier molecular flexibility index (Phi) is 4.70. The maximum absolute atomic E-state index is 10.4. The van der Waals surface area contributed by atoms with Gasteiger partial charge in [0.15, 0.2) is 0 Å². The number of aliphatic hydroxyl groups excluding tert-OH is 1. The van der Waals surface area contributed by atoms with Crippen LogP contribution in [-0.4, -0.2) is 15.3 Å². The van der Waals surface area contributed by atoms with Gasteiger partial charge in [-0.25, -0.2) is 0 Å². The molecule has 0 saturated heterocycles. The van der Waals surface area contributed by atoms with Crippen LogP contribution in [0.5, 0.6) is 0 Å². The third-order valence-corrected chi connectivity index (χ3v) is 4.00. The Balaban J connectivity index is 2.07. The molecular formula is C15H24N2O. The van der Waals surface area contributed by atoms with E-state index in [4.69, 9.17) is 0 Å². The zero-order valence-electron chi connectivity index (χ0n) is 11.5. The molecule has 1 aromatic heterocycles. The van der Waals surface area contributed by atoms with Crippen molar-refractivity contribution in [1.82, 2.24) is 10.2 Å². The molecule has 0 bridgehead atoms. The zero-order chi connectivity index (χ0) is 13.0. The van der Waals surface area contributed by atoms with E-state index < -0.39 is 0 Å². The molecule has 1 saturated carbocycles. The van der Waals surface area contributed by atoms with Crippen molar-refractivity contribution in [3.8, 4) is 0 Å². The molecule has 3 nitrogen and oxygen atoms in total. The van der Waals surface area contributed by atoms with E-state index in [-0.39, 0.29) is 6.10 Å². The van der Waals surface area contributed by atoms with Gasteiger partial charge in [0.05, 0.1) is 17.5 Å². The lowest BCUT2D eigenvalue weighted by Gasteiger charge is -2.24. The third kappa shape index (κ3) is 3.29. The van der Waals surface area contributed by atoms with Crippen molar-refractivity contribution < 1.29 is 5.11 Å². The highest BCUT2D eigenvalue weighted by Gasteiger charge is 2.20. The molecule has 1 aliphatic rings. The van der Waals surface area contributed by atoms with Crippen molar-refractivity contribution in [2.45, 2.75) is 64.9 Å². The highest BCUT2D eigenvalue weighted by Crippen LogP contribution is 2.32. The summed E-state index contributed by atoms with van der Waals surface area (Å²) in [5.41, 5.74) is 2.84. The zero-order valence-corrected chi connectivity index (χ0v) is 11.5. The lowest BCUT2D eigenvalue weighted by atomic mass is 9.84. The maximum atomic E-state index is 10.4. The van der Waals surface area contributed by atoms with Crippen LogP contribution >= 0.6 is 0 Å². The molecule has 1 fully saturated rings. The summed E-state index contributed by atoms with van der Waals surface area (Å²) >= 11 is 0. The molecule has 1 aromatic rings. The van der Waals surface area contributed by atoms with Crippen LogP contribution in [0.4, 0.5) is 0 Å². The van der Waals surface area contributed by atoms with Gasteiger partial charge in [-0.15, -0.1) is 0 Å². The first-order chi connectivity index (χ1) is 8.70. The van der Waals surface area contributed by atoms with Gasteiger partial charge in [0, 0.05) is 5.56 Å². The number of hydrogen-bond acceptors (Lipinski definition) is 3. The quantitative estimate of drug-likeness (QED) is 0.888. The Bertz CT molecular complexity index is 386. The predicted octanol–water partition coefficient (Wildman–Crippen LogP) is 3.35. The number of aryl methyl sites for hydroxylation is 2. The molecule has 0 aliphatic heterocycles. The Hall–Kier alpha value is -0.960. The molecule has 18 heavy (non-hydrogen) atoms. The molecule has 0 aromatic carbocycles. The van der Waals surface area contributed by atoms with Gasteiger partial charge in [-0.3, -0.25) is 0 Å². The van der Waals surface area contributed by atoms with Crippen molar-refractivity contribution in [3.63, 3.8) is 0 Å². The average Bonchev–Trinajstić information content (AvgIpc) is 2.40. The van der Waals surface area contributed by atoms with E-state index in [1.165, 1.54) is 32.1 Å². The Labute approximate surface area is 110 Å². The molecule has 1 heterocycles. The van der Waals surface area contributed by atoms with E-state index in [9.17, 15) is 5.11 Å². The maximum Gasteiger partial charge on any atom is 0.0811 e. The normalized spacial score (nSPS) is 18.8. The van der Waals surface area contributed by atoms with Gasteiger partial charge in [-0.05, 0) is 31.7 Å². The second kappa shape index (κ2) is 6.28. The van der Waals surface area contributed by atoms with Crippen molar-refractivity contribution in [2.24, 2.45) is 5.92 Å². The average molecular weight is 248 g/mol. The van der Waals surface area contributed by atoms with Crippen LogP contribution in [0.2, 0.25) is 0 Å². The summed E-state index contributed by atoms with van der Waals surface area (Å²) in [4.78, 5) is 0. The van der Waals surface area contributed by atoms with E-state index in [1.54, 1.807) is 0 Å². The number of rotatable bonds is 4. The minimum atomic E-state index is -0.364. The summed E-state index contributed by atoms with van der Waals surface area (Å²) in [6, 6.07) is 2.00. The van der Waals surface area contributed by atoms with E-state index in [2.05, 4.69) is 17.1 Å². The minimum absolute atomic E-state index is 0.364. The second-order valence-electron chi connectivity index (χ2n) is 5.50. The second-order valence-corrected chi connectivity index (χ2v) is 5.50. The Morgan fingerprint density at radius 1 is 1.28 bits per heavy atom. The predicted molar refractivity (Wildman–Crippen MR) is 72.3 cm³/mol. The number of aromatic nitrogens is 2. The summed E-state index contributed by atoms with van der Waals surface area (Å²) in [5, 5.41) is 18.7. The van der Waals surface area contributed by atoms with Crippen LogP contribution in [0.15, 0.2) is 6.07 Å². The van der Waals surface area contributed by atoms with Crippen molar-refractivity contribution in [1.29, 1.82) is 0 Å². The Morgan fingerprint density at radius 3 is 2.67 bits per heavy atom. The first-order valence-electron chi connectivity index (χ1n) is 7.22. The Morgan fingerprint density at radius 2 is 2.00 bits per heavy atom. The molecule has 1 atom stereocenters. The van der Waals surface area contributed by atoms with E-state index in [1.807, 2.05) is 13.0 Å². The molecule has 0 amide bonds. The standard InChI is InChI=1S/C15H24N2O/c1-3-14-13(9-11(2)16-17-14)15(18)10-12-7-5-4-6-8-12/h9,12,15,18H,3-8,10H2,1-2H3. The monoisotopic (exact) mass is 248 g/mol. The summed E-state index contributed by atoms with van der Waals surface area (Å²) in [5.74, 6) is 0.687. The fraction of sp³-hybridized carbons (Fsp3) is 0.733. The molecule has 1 aliphatic carbocycles. The number of nitrogens with zero attached hydrogens (tertiary/aromatic N) is 2. The molecule has 0 spiro atoms. The highest BCUT2D eigenvalue weighted by molar-refractivity contribution is 5.23. The molecule has 1 N–H and O–H groups in total. The van der Waals surface area contributed by atoms with Gasteiger partial charge in [0.2, 0.25) is 0 Å². The first-order valence-corrected chi connectivity index (χ1v) is 7.22. The summed E-state index contributed by atoms with van der Waals surface area (Å²) in [7, 11) is 0. The van der Waals surface area contributed by atoms with Crippen LogP contribution in [-0.2, 0) is 6.42 Å². The molecule has 0 radical (unpaired) electrons. The van der Waals surface area contributed by atoms with Crippen LogP contribution in [0.1, 0.15) is 68.5 Å². The SMILES string of the molecule is CCc1nnc(C)cc1C(O)CC1CCCCC1. The van der Waals surface area contributed by atoms with Crippen molar-refractivity contribution in [3.05, 3.63) is 23.0 Å². The van der Waals surface area contributed by atoms with Crippen LogP contribution in [0.3, 0.4) is 0 Å². The summed E-state index contributed by atoms with van der Waals surface area (Å²) in [6.07, 6.45) is 7.92. The van der Waals surface area contributed by atoms with Crippen molar-refractivity contribution in [2.75, 3.05) is 0 Å². The lowest BCUT2D eigenvalue weighted by molar-refractivity contribution is 0.130. The fourth-order valence-corrected chi connectivity index (χ4v) is 2.96. The third-order valence-electron chi connectivity index (χ3n) is 4.00. The summed E-state index contributed by atoms with van der Waals surface area (Å²) in [6.45, 7) is 4.00. The fourth-order valence-electron chi connectivity index (χ4n) is 2.96. The van der Waals surface area contributed by atoms with Crippen LogP contribution in [0, 0.1) is 12.8 Å². The number of aliphatic hydroxyl groups is 1. The highest BCUT2D eigenvalue weighted by atomic mass is 16.3. The molecule has 1 unspecified atom stereocenters. The van der Waals surface area contributed by atoms with E-state index >= 15 is 0 Å². The van der Waals surface area contributed by atoms with Crippen LogP contribution in [0.25, 0.3) is 0 Å². The molecular weight excluding hydrogens is 224 g/mol. The molecule has 3 heteroatoms. The first kappa shape index (κ1) is 13.5.